The van der Waals surface area contributed by atoms with E-state index >= 15 is 0 Å². The van der Waals surface area contributed by atoms with Gasteiger partial charge in [-0.25, -0.2) is 23.5 Å². The van der Waals surface area contributed by atoms with Crippen LogP contribution in [0, 0.1) is 11.8 Å². The minimum absolute atomic E-state index is 0.0810. The van der Waals surface area contributed by atoms with Crippen molar-refractivity contribution in [2.24, 2.45) is 11.8 Å². The lowest BCUT2D eigenvalue weighted by Gasteiger charge is -2.50. The van der Waals surface area contributed by atoms with Gasteiger partial charge >= 0.3 is 11.4 Å². The summed E-state index contributed by atoms with van der Waals surface area (Å²) in [5, 5.41) is 0.162. The molecule has 4 bridgehead atoms. The van der Waals surface area contributed by atoms with Crippen LogP contribution in [0.1, 0.15) is 12.1 Å². The largest absolute Gasteiger partial charge is 0.352 e. The van der Waals surface area contributed by atoms with Gasteiger partial charge in [0.25, 0.3) is 0 Å². The molecule has 0 amide bonds. The van der Waals surface area contributed by atoms with Crippen LogP contribution in [-0.2, 0) is 0 Å². The van der Waals surface area contributed by atoms with Gasteiger partial charge in [-0.2, -0.15) is 0 Å². The third-order valence-electron chi connectivity index (χ3n) is 6.88. The van der Waals surface area contributed by atoms with E-state index in [-0.39, 0.29) is 10.1 Å². The fraction of sp³-hybridized carbons (Fsp3) is 0.368. The highest BCUT2D eigenvalue weighted by molar-refractivity contribution is 6.65. The van der Waals surface area contributed by atoms with Crippen molar-refractivity contribution in [3.05, 3.63) is 73.5 Å². The Morgan fingerprint density at radius 3 is 1.60 bits per heavy atom. The van der Waals surface area contributed by atoms with Crippen LogP contribution in [-0.4, -0.2) is 28.0 Å². The van der Waals surface area contributed by atoms with Crippen molar-refractivity contribution >= 4 is 69.6 Å². The molecule has 0 saturated heterocycles. The molecule has 0 radical (unpaired) electrons. The summed E-state index contributed by atoms with van der Waals surface area (Å²) in [6.07, 6.45) is 3.66. The summed E-state index contributed by atoms with van der Waals surface area (Å²) in [5.41, 5.74) is -0.512. The third-order valence-corrected chi connectivity index (χ3v) is 11.2. The molecule has 1 aromatic carbocycles. The number of rotatable bonds is 1. The summed E-state index contributed by atoms with van der Waals surface area (Å²) in [6, 6.07) is 7.45. The van der Waals surface area contributed by atoms with Crippen LogP contribution in [0.5, 0.6) is 0 Å². The highest BCUT2D eigenvalue weighted by Gasteiger charge is 2.85. The number of fused-ring (bicyclic) bond motifs is 2. The van der Waals surface area contributed by atoms with Crippen LogP contribution in [0.25, 0.3) is 5.69 Å². The standard InChI is InChI=1S/C19H11Cl6N3O2/c20-13-14(21)18(23)12-10-7-6-9(11(12)17(13,22)19(18,24)25)27-15(29)26(16(30)28(10)27)8-4-2-1-3-5-8/h1-7,9-12H/t9-,10+,11+,12-,17+,18-. The Morgan fingerprint density at radius 1 is 0.733 bits per heavy atom. The van der Waals surface area contributed by atoms with Gasteiger partial charge in [0, 0.05) is 11.8 Å². The second kappa shape index (κ2) is 5.75. The SMILES string of the molecule is O=c1n(-c2ccccc2)c(=O)n2n1[C@@H]1C=C[C@H]2[C@@H]2[C@H]1[C@]1(Cl)C(Cl)=C(Cl)[C@@]2(Cl)C1(Cl)Cl. The topological polar surface area (TPSA) is 48.9 Å². The molecule has 3 heterocycles. The first kappa shape index (κ1) is 19.8. The number of nitrogens with zero attached hydrogens (tertiary/aromatic N) is 3. The zero-order valence-electron chi connectivity index (χ0n) is 14.8. The Balaban J connectivity index is 1.66. The quantitative estimate of drug-likeness (QED) is 0.405. The van der Waals surface area contributed by atoms with Crippen LogP contribution in [0.3, 0.4) is 0 Å². The van der Waals surface area contributed by atoms with E-state index in [1.54, 1.807) is 30.3 Å². The van der Waals surface area contributed by atoms with Crippen molar-refractivity contribution in [3.63, 3.8) is 0 Å². The van der Waals surface area contributed by atoms with E-state index < -0.39 is 49.4 Å². The molecule has 2 aliphatic heterocycles. The summed E-state index contributed by atoms with van der Waals surface area (Å²) in [7, 11) is 0. The smallest absolute Gasteiger partial charge is 0.245 e. The fourth-order valence-corrected chi connectivity index (χ4v) is 8.78. The van der Waals surface area contributed by atoms with Crippen molar-refractivity contribution < 1.29 is 0 Å². The molecule has 7 rings (SSSR count). The molecule has 11 heteroatoms. The highest BCUT2D eigenvalue weighted by Crippen LogP contribution is 2.80. The lowest BCUT2D eigenvalue weighted by atomic mass is 9.69. The second-order valence-electron chi connectivity index (χ2n) is 7.97. The maximum absolute atomic E-state index is 13.4. The number of halogens is 6. The van der Waals surface area contributed by atoms with Gasteiger partial charge in [0.05, 0.1) is 27.8 Å². The van der Waals surface area contributed by atoms with Crippen molar-refractivity contribution in [2.75, 3.05) is 0 Å². The maximum atomic E-state index is 13.4. The number of benzene rings is 1. The Labute approximate surface area is 199 Å². The minimum atomic E-state index is -1.73. The molecule has 0 unspecified atom stereocenters. The van der Waals surface area contributed by atoms with Crippen LogP contribution < -0.4 is 11.4 Å². The zero-order valence-corrected chi connectivity index (χ0v) is 19.3. The monoisotopic (exact) mass is 523 g/mol. The molecule has 5 aliphatic rings. The second-order valence-corrected chi connectivity index (χ2v) is 11.2. The number of aromatic nitrogens is 3. The Morgan fingerprint density at radius 2 is 1.17 bits per heavy atom. The van der Waals surface area contributed by atoms with Crippen LogP contribution in [0.15, 0.2) is 62.1 Å². The first-order chi connectivity index (χ1) is 14.1. The van der Waals surface area contributed by atoms with Crippen LogP contribution >= 0.6 is 69.6 Å². The molecule has 6 atom stereocenters. The molecular weight excluding hydrogens is 515 g/mol. The van der Waals surface area contributed by atoms with E-state index in [2.05, 4.69) is 0 Å². The molecule has 2 aromatic rings. The van der Waals surface area contributed by atoms with Crippen molar-refractivity contribution in [3.8, 4) is 5.69 Å². The summed E-state index contributed by atoms with van der Waals surface area (Å²) in [5.74, 6) is -1.08. The van der Waals surface area contributed by atoms with Crippen molar-refractivity contribution in [2.45, 2.75) is 26.2 Å². The highest BCUT2D eigenvalue weighted by atomic mass is 35.5. The average Bonchev–Trinajstić information content (AvgIpc) is 3.14. The summed E-state index contributed by atoms with van der Waals surface area (Å²) in [4.78, 5) is 23.7. The van der Waals surface area contributed by atoms with Crippen LogP contribution in [0.2, 0.25) is 0 Å². The zero-order chi connectivity index (χ0) is 21.4. The van der Waals surface area contributed by atoms with E-state index in [0.717, 1.165) is 4.57 Å². The molecule has 1 aromatic heterocycles. The Kier molecular flexibility index (Phi) is 3.80. The number of para-hydroxylation sites is 1. The molecule has 0 spiro atoms. The third kappa shape index (κ3) is 1.78. The Hall–Kier alpha value is -0.820. The minimum Gasteiger partial charge on any atom is -0.245 e. The Bertz CT molecular complexity index is 1230. The predicted molar refractivity (Wildman–Crippen MR) is 119 cm³/mol. The van der Waals surface area contributed by atoms with E-state index in [4.69, 9.17) is 69.6 Å². The summed E-state index contributed by atoms with van der Waals surface area (Å²) in [6.45, 7) is 0. The summed E-state index contributed by atoms with van der Waals surface area (Å²) >= 11 is 40.5. The van der Waals surface area contributed by atoms with E-state index in [1.807, 2.05) is 12.2 Å². The number of alkyl halides is 4. The number of allylic oxidation sites excluding steroid dienone is 4. The van der Waals surface area contributed by atoms with E-state index in [9.17, 15) is 9.59 Å². The van der Waals surface area contributed by atoms with Gasteiger partial charge in [0.15, 0.2) is 4.33 Å². The number of hydrogen-bond acceptors (Lipinski definition) is 2. The van der Waals surface area contributed by atoms with Crippen molar-refractivity contribution in [1.29, 1.82) is 0 Å². The molecule has 156 valence electrons. The fourth-order valence-electron chi connectivity index (χ4n) is 5.71. The first-order valence-corrected chi connectivity index (χ1v) is 11.4. The molecule has 0 N–H and O–H groups in total. The van der Waals surface area contributed by atoms with Gasteiger partial charge in [0.1, 0.15) is 9.75 Å². The van der Waals surface area contributed by atoms with Gasteiger partial charge in [-0.15, -0.1) is 23.2 Å². The van der Waals surface area contributed by atoms with Gasteiger partial charge < -0.3 is 0 Å². The van der Waals surface area contributed by atoms with Crippen molar-refractivity contribution in [1.82, 2.24) is 13.9 Å². The maximum Gasteiger partial charge on any atom is 0.352 e. The molecule has 1 fully saturated rings. The van der Waals surface area contributed by atoms with Gasteiger partial charge in [-0.1, -0.05) is 76.8 Å². The molecule has 1 saturated carbocycles. The lowest BCUT2D eigenvalue weighted by Crippen LogP contribution is -2.55. The summed E-state index contributed by atoms with van der Waals surface area (Å²) < 4.78 is 2.19. The van der Waals surface area contributed by atoms with Crippen LogP contribution in [0.4, 0.5) is 0 Å². The molecule has 3 aliphatic carbocycles. The molecular formula is C19H11Cl6N3O2. The van der Waals surface area contributed by atoms with Gasteiger partial charge in [-0.05, 0) is 12.1 Å². The van der Waals surface area contributed by atoms with Gasteiger partial charge in [-0.3, -0.25) is 0 Å². The average molecular weight is 526 g/mol. The normalized spacial score (nSPS) is 39.5. The predicted octanol–water partition coefficient (Wildman–Crippen LogP) is 4.54. The van der Waals surface area contributed by atoms with E-state index in [1.165, 1.54) is 9.36 Å². The lowest BCUT2D eigenvalue weighted by molar-refractivity contribution is 0.0973. The van der Waals surface area contributed by atoms with Gasteiger partial charge in [0.2, 0.25) is 0 Å². The molecule has 5 nitrogen and oxygen atoms in total. The number of hydrogen-bond donors (Lipinski definition) is 0. The molecule has 30 heavy (non-hydrogen) atoms. The van der Waals surface area contributed by atoms with E-state index in [0.29, 0.717) is 5.69 Å². The first-order valence-electron chi connectivity index (χ1n) is 9.11.